The maximum absolute atomic E-state index is 13.1. The summed E-state index contributed by atoms with van der Waals surface area (Å²) in [4.78, 5) is 11.3. The van der Waals surface area contributed by atoms with Gasteiger partial charge in [-0.15, -0.1) is 10.2 Å². The van der Waals surface area contributed by atoms with Crippen LogP contribution in [0.15, 0.2) is 43.1 Å². The largest absolute Gasteiger partial charge is 0.487 e. The van der Waals surface area contributed by atoms with E-state index in [0.29, 0.717) is 28.9 Å². The highest BCUT2D eigenvalue weighted by atomic mass is 35.5. The van der Waals surface area contributed by atoms with E-state index in [-0.39, 0.29) is 29.7 Å². The third kappa shape index (κ3) is 8.22. The molecule has 4 heterocycles. The number of nitrogens with zero attached hydrogens (tertiary/aromatic N) is 9. The molecule has 246 valence electrons. The first-order valence-corrected chi connectivity index (χ1v) is 15.4. The fourth-order valence-corrected chi connectivity index (χ4v) is 5.91. The van der Waals surface area contributed by atoms with Crippen LogP contribution in [0.4, 0.5) is 24.8 Å². The molecule has 2 fully saturated rings. The van der Waals surface area contributed by atoms with Crippen LogP contribution in [0.1, 0.15) is 38.6 Å². The Morgan fingerprint density at radius 1 is 1.07 bits per heavy atom. The molecule has 1 aliphatic heterocycles. The standard InChI is InChI=1S/C29H34ClF3N10O3/c1-19(15-42-18-36-39-40-42)46-26-12-20(2-7-24(26)30)21-13-34-28(35-14-21)37-25-16-43(38-27(25)45-17-29(31,32)33)23-5-3-22(4-6-23)41-8-10-44-11-9-41/h2,7,12-14,16,18-19,22-23H,3-6,8-11,15,17H2,1H3,(H,34,35,37). The lowest BCUT2D eigenvalue weighted by Crippen LogP contribution is -2.45. The molecule has 1 aliphatic carbocycles. The second-order valence-corrected chi connectivity index (χ2v) is 11.8. The molecule has 1 aromatic carbocycles. The van der Waals surface area contributed by atoms with Crippen molar-refractivity contribution in [2.45, 2.75) is 63.5 Å². The van der Waals surface area contributed by atoms with Gasteiger partial charge in [-0.05, 0) is 60.7 Å². The summed E-state index contributed by atoms with van der Waals surface area (Å²) >= 11 is 6.38. The molecule has 46 heavy (non-hydrogen) atoms. The molecule has 0 radical (unpaired) electrons. The van der Waals surface area contributed by atoms with E-state index in [4.69, 9.17) is 25.8 Å². The van der Waals surface area contributed by atoms with E-state index >= 15 is 0 Å². The van der Waals surface area contributed by atoms with Crippen molar-refractivity contribution in [2.75, 3.05) is 38.2 Å². The van der Waals surface area contributed by atoms with Crippen molar-refractivity contribution < 1.29 is 27.4 Å². The molecule has 13 nitrogen and oxygen atoms in total. The number of tetrazole rings is 1. The van der Waals surface area contributed by atoms with Crippen LogP contribution >= 0.6 is 11.6 Å². The van der Waals surface area contributed by atoms with Crippen molar-refractivity contribution >= 4 is 23.2 Å². The summed E-state index contributed by atoms with van der Waals surface area (Å²) in [6, 6.07) is 5.83. The molecular formula is C29H34ClF3N10O3. The number of hydrogen-bond donors (Lipinski definition) is 1. The predicted octanol–water partition coefficient (Wildman–Crippen LogP) is 4.95. The van der Waals surface area contributed by atoms with E-state index in [9.17, 15) is 13.2 Å². The van der Waals surface area contributed by atoms with Gasteiger partial charge in [-0.2, -0.15) is 13.2 Å². The summed E-state index contributed by atoms with van der Waals surface area (Å²) < 4.78 is 59.0. The zero-order chi connectivity index (χ0) is 32.1. The molecule has 3 aromatic heterocycles. The van der Waals surface area contributed by atoms with Gasteiger partial charge < -0.3 is 19.5 Å². The van der Waals surface area contributed by atoms with Gasteiger partial charge in [-0.1, -0.05) is 17.7 Å². The Morgan fingerprint density at radius 3 is 2.50 bits per heavy atom. The molecule has 2 aliphatic rings. The van der Waals surface area contributed by atoms with Crippen molar-refractivity contribution in [3.05, 3.63) is 48.1 Å². The number of hydrogen-bond acceptors (Lipinski definition) is 11. The first kappa shape index (κ1) is 31.9. The molecule has 17 heteroatoms. The molecular weight excluding hydrogens is 629 g/mol. The highest BCUT2D eigenvalue weighted by Crippen LogP contribution is 2.36. The van der Waals surface area contributed by atoms with Crippen LogP contribution in [0.2, 0.25) is 5.02 Å². The Hall–Kier alpha value is -4.02. The van der Waals surface area contributed by atoms with Gasteiger partial charge in [0.1, 0.15) is 23.9 Å². The second-order valence-electron chi connectivity index (χ2n) is 11.4. The maximum Gasteiger partial charge on any atom is 0.422 e. The monoisotopic (exact) mass is 662 g/mol. The van der Waals surface area contributed by atoms with Gasteiger partial charge in [-0.25, -0.2) is 14.6 Å². The van der Waals surface area contributed by atoms with Crippen LogP contribution < -0.4 is 14.8 Å². The van der Waals surface area contributed by atoms with E-state index in [1.54, 1.807) is 40.1 Å². The second kappa shape index (κ2) is 14.2. The molecule has 1 unspecified atom stereocenters. The van der Waals surface area contributed by atoms with Gasteiger partial charge in [0.25, 0.3) is 5.88 Å². The topological polar surface area (TPSA) is 130 Å². The van der Waals surface area contributed by atoms with E-state index < -0.39 is 12.8 Å². The van der Waals surface area contributed by atoms with Gasteiger partial charge in [-0.3, -0.25) is 9.58 Å². The Labute approximate surface area is 268 Å². The number of aromatic nitrogens is 8. The van der Waals surface area contributed by atoms with Crippen LogP contribution in [0.5, 0.6) is 11.6 Å². The number of morpholine rings is 1. The minimum Gasteiger partial charge on any atom is -0.487 e. The number of rotatable bonds is 11. The lowest BCUT2D eigenvalue weighted by atomic mass is 9.90. The fourth-order valence-electron chi connectivity index (χ4n) is 5.75. The van der Waals surface area contributed by atoms with Crippen molar-refractivity contribution in [1.29, 1.82) is 0 Å². The van der Waals surface area contributed by atoms with Gasteiger partial charge >= 0.3 is 6.18 Å². The van der Waals surface area contributed by atoms with Crippen LogP contribution in [0.3, 0.4) is 0 Å². The van der Waals surface area contributed by atoms with Gasteiger partial charge in [0.05, 0.1) is 37.0 Å². The van der Waals surface area contributed by atoms with Crippen molar-refractivity contribution in [2.24, 2.45) is 0 Å². The number of anilines is 2. The molecule has 1 saturated carbocycles. The zero-order valence-corrected chi connectivity index (χ0v) is 25.9. The van der Waals surface area contributed by atoms with Crippen LogP contribution in [-0.2, 0) is 11.3 Å². The van der Waals surface area contributed by atoms with Crippen LogP contribution in [-0.4, -0.2) is 96.1 Å². The lowest BCUT2D eigenvalue weighted by molar-refractivity contribution is -0.154. The molecule has 6 rings (SSSR count). The Bertz CT molecular complexity index is 1560. The number of benzene rings is 1. The molecule has 0 spiro atoms. The molecule has 4 aromatic rings. The predicted molar refractivity (Wildman–Crippen MR) is 161 cm³/mol. The average Bonchev–Trinajstić information content (AvgIpc) is 3.72. The Morgan fingerprint density at radius 2 is 1.80 bits per heavy atom. The normalized spacial score (nSPS) is 19.9. The molecule has 1 atom stereocenters. The Kier molecular flexibility index (Phi) is 9.84. The Balaban J connectivity index is 1.13. The van der Waals surface area contributed by atoms with Gasteiger partial charge in [0.2, 0.25) is 5.95 Å². The van der Waals surface area contributed by atoms with Crippen LogP contribution in [0, 0.1) is 0 Å². The smallest absolute Gasteiger partial charge is 0.422 e. The third-order valence-electron chi connectivity index (χ3n) is 8.00. The van der Waals surface area contributed by atoms with Crippen LogP contribution in [0.25, 0.3) is 11.1 Å². The van der Waals surface area contributed by atoms with Crippen molar-refractivity contribution in [3.8, 4) is 22.8 Å². The highest BCUT2D eigenvalue weighted by Gasteiger charge is 2.32. The van der Waals surface area contributed by atoms with Gasteiger partial charge in [0.15, 0.2) is 6.61 Å². The summed E-state index contributed by atoms with van der Waals surface area (Å²) in [6.45, 7) is 4.18. The first-order chi connectivity index (χ1) is 22.2. The number of alkyl halides is 3. The summed E-state index contributed by atoms with van der Waals surface area (Å²) in [7, 11) is 0. The van der Waals surface area contributed by atoms with E-state index in [0.717, 1.165) is 57.6 Å². The highest BCUT2D eigenvalue weighted by molar-refractivity contribution is 6.32. The summed E-state index contributed by atoms with van der Waals surface area (Å²) in [5.41, 5.74) is 1.70. The lowest BCUT2D eigenvalue weighted by Gasteiger charge is -2.38. The molecule has 0 amide bonds. The van der Waals surface area contributed by atoms with E-state index in [1.165, 1.54) is 6.33 Å². The van der Waals surface area contributed by atoms with E-state index in [2.05, 4.69) is 40.8 Å². The molecule has 1 saturated heterocycles. The first-order valence-electron chi connectivity index (χ1n) is 15.1. The van der Waals surface area contributed by atoms with Gasteiger partial charge in [0, 0.05) is 37.1 Å². The molecule has 1 N–H and O–H groups in total. The third-order valence-corrected chi connectivity index (χ3v) is 8.31. The average molecular weight is 663 g/mol. The quantitative estimate of drug-likeness (QED) is 0.234. The van der Waals surface area contributed by atoms with E-state index in [1.807, 2.05) is 13.0 Å². The van der Waals surface area contributed by atoms with Crippen molar-refractivity contribution in [3.63, 3.8) is 0 Å². The number of halogens is 4. The molecule has 0 bridgehead atoms. The SMILES string of the molecule is CC(Cn1cnnn1)Oc1cc(-c2cnc(Nc3cn(C4CCC(N5CCOCC5)CC4)nc3OCC(F)(F)F)nc2)ccc1Cl. The minimum absolute atomic E-state index is 0.0429. The number of nitrogens with one attached hydrogen (secondary N) is 1. The summed E-state index contributed by atoms with van der Waals surface area (Å²) in [5.74, 6) is 0.493. The summed E-state index contributed by atoms with van der Waals surface area (Å²) in [6.07, 6.45) is 5.25. The zero-order valence-electron chi connectivity index (χ0n) is 25.1. The fraction of sp³-hybridized carbons (Fsp3) is 0.517. The minimum atomic E-state index is -4.51. The summed E-state index contributed by atoms with van der Waals surface area (Å²) in [5, 5.41) is 18.9. The van der Waals surface area contributed by atoms with Crippen molar-refractivity contribution in [1.82, 2.24) is 44.9 Å². The maximum atomic E-state index is 13.1. The number of ether oxygens (including phenoxy) is 3.